The van der Waals surface area contributed by atoms with Crippen LogP contribution in [0.4, 0.5) is 14.6 Å². The van der Waals surface area contributed by atoms with Gasteiger partial charge in [0.25, 0.3) is 5.56 Å². The molecule has 27 heavy (non-hydrogen) atoms. The molecule has 0 aliphatic rings. The second kappa shape index (κ2) is 7.07. The molecule has 2 N–H and O–H groups in total. The Morgan fingerprint density at radius 1 is 1.19 bits per heavy atom. The number of nitrogens with zero attached hydrogens (tertiary/aromatic N) is 3. The van der Waals surface area contributed by atoms with Gasteiger partial charge in [-0.3, -0.25) is 13.9 Å². The molecular weight excluding hydrogens is 374 g/mol. The normalized spacial score (nSPS) is 11.3. The number of thiazole rings is 1. The molecule has 0 fully saturated rings. The van der Waals surface area contributed by atoms with Gasteiger partial charge in [0, 0.05) is 19.0 Å². The fraction of sp³-hybridized carbons (Fsp3) is 0.278. The summed E-state index contributed by atoms with van der Waals surface area (Å²) in [4.78, 5) is 29.2. The summed E-state index contributed by atoms with van der Waals surface area (Å²) < 4.78 is 30.3. The van der Waals surface area contributed by atoms with Gasteiger partial charge in [0.05, 0.1) is 11.3 Å². The SMILES string of the molecule is CC(C)Cn1c(N)c(-c2csc(-c3c(F)cccc3F)n2)c(=O)n(C)c1=O. The Labute approximate surface area is 157 Å². The topological polar surface area (TPSA) is 82.9 Å². The highest BCUT2D eigenvalue weighted by atomic mass is 32.1. The molecule has 0 radical (unpaired) electrons. The zero-order chi connectivity index (χ0) is 19.9. The van der Waals surface area contributed by atoms with E-state index < -0.39 is 22.9 Å². The van der Waals surface area contributed by atoms with Crippen LogP contribution < -0.4 is 17.0 Å². The molecule has 0 atom stereocenters. The average molecular weight is 392 g/mol. The van der Waals surface area contributed by atoms with E-state index in [-0.39, 0.29) is 33.6 Å². The molecule has 1 aromatic carbocycles. The van der Waals surface area contributed by atoms with Crippen LogP contribution in [0.2, 0.25) is 0 Å². The molecule has 0 bridgehead atoms. The fourth-order valence-corrected chi connectivity index (χ4v) is 3.63. The van der Waals surface area contributed by atoms with E-state index in [0.29, 0.717) is 6.54 Å². The zero-order valence-electron chi connectivity index (χ0n) is 15.0. The van der Waals surface area contributed by atoms with E-state index in [4.69, 9.17) is 5.73 Å². The first-order chi connectivity index (χ1) is 12.7. The lowest BCUT2D eigenvalue weighted by atomic mass is 10.2. The predicted octanol–water partition coefficient (Wildman–Crippen LogP) is 2.85. The molecule has 2 heterocycles. The molecule has 142 valence electrons. The minimum Gasteiger partial charge on any atom is -0.384 e. The molecule has 0 saturated heterocycles. The fourth-order valence-electron chi connectivity index (χ4n) is 2.77. The lowest BCUT2D eigenvalue weighted by molar-refractivity contribution is 0.494. The van der Waals surface area contributed by atoms with Gasteiger partial charge in [0.2, 0.25) is 0 Å². The van der Waals surface area contributed by atoms with Crippen molar-refractivity contribution in [2.24, 2.45) is 13.0 Å². The molecule has 0 unspecified atom stereocenters. The number of anilines is 1. The number of hydrogen-bond donors (Lipinski definition) is 1. The minimum atomic E-state index is -0.749. The Hall–Kier alpha value is -2.81. The van der Waals surface area contributed by atoms with Crippen molar-refractivity contribution < 1.29 is 8.78 Å². The summed E-state index contributed by atoms with van der Waals surface area (Å²) in [5.74, 6) is -1.39. The van der Waals surface area contributed by atoms with E-state index in [1.807, 2.05) is 13.8 Å². The maximum absolute atomic E-state index is 14.0. The van der Waals surface area contributed by atoms with Crippen molar-refractivity contribution in [3.8, 4) is 21.8 Å². The number of benzene rings is 1. The first-order valence-corrected chi connectivity index (χ1v) is 9.10. The van der Waals surface area contributed by atoms with E-state index in [1.165, 1.54) is 23.1 Å². The number of aromatic nitrogens is 3. The average Bonchev–Trinajstić information content (AvgIpc) is 3.06. The van der Waals surface area contributed by atoms with Gasteiger partial charge in [0.15, 0.2) is 0 Å². The van der Waals surface area contributed by atoms with Crippen LogP contribution >= 0.6 is 11.3 Å². The van der Waals surface area contributed by atoms with Crippen LogP contribution in [0.15, 0.2) is 33.2 Å². The summed E-state index contributed by atoms with van der Waals surface area (Å²) in [7, 11) is 1.36. The van der Waals surface area contributed by atoms with Gasteiger partial charge in [0.1, 0.15) is 28.0 Å². The number of nitrogens with two attached hydrogens (primary N) is 1. The van der Waals surface area contributed by atoms with Crippen molar-refractivity contribution in [2.45, 2.75) is 20.4 Å². The summed E-state index contributed by atoms with van der Waals surface area (Å²) in [6, 6.07) is 3.53. The van der Waals surface area contributed by atoms with E-state index in [2.05, 4.69) is 4.98 Å². The third kappa shape index (κ3) is 3.30. The van der Waals surface area contributed by atoms with Crippen molar-refractivity contribution in [3.63, 3.8) is 0 Å². The summed E-state index contributed by atoms with van der Waals surface area (Å²) >= 11 is 0.991. The Balaban J connectivity index is 2.22. The van der Waals surface area contributed by atoms with E-state index >= 15 is 0 Å². The molecule has 6 nitrogen and oxygen atoms in total. The molecule has 0 aliphatic heterocycles. The van der Waals surface area contributed by atoms with E-state index in [0.717, 1.165) is 28.0 Å². The van der Waals surface area contributed by atoms with Gasteiger partial charge in [-0.25, -0.2) is 18.6 Å². The summed E-state index contributed by atoms with van der Waals surface area (Å²) in [5, 5.41) is 1.59. The lowest BCUT2D eigenvalue weighted by Gasteiger charge is -2.15. The van der Waals surface area contributed by atoms with Gasteiger partial charge in [-0.1, -0.05) is 19.9 Å². The quantitative estimate of drug-likeness (QED) is 0.740. The maximum Gasteiger partial charge on any atom is 0.332 e. The molecule has 0 spiro atoms. The predicted molar refractivity (Wildman–Crippen MR) is 102 cm³/mol. The molecule has 3 aromatic rings. The highest BCUT2D eigenvalue weighted by Crippen LogP contribution is 2.32. The summed E-state index contributed by atoms with van der Waals surface area (Å²) in [6.45, 7) is 4.15. The van der Waals surface area contributed by atoms with Crippen molar-refractivity contribution in [1.29, 1.82) is 0 Å². The minimum absolute atomic E-state index is 0.0114. The van der Waals surface area contributed by atoms with Crippen LogP contribution in [0.25, 0.3) is 21.8 Å². The van der Waals surface area contributed by atoms with E-state index in [9.17, 15) is 18.4 Å². The highest BCUT2D eigenvalue weighted by molar-refractivity contribution is 7.13. The van der Waals surface area contributed by atoms with Crippen LogP contribution in [0, 0.1) is 17.6 Å². The second-order valence-electron chi connectivity index (χ2n) is 6.55. The van der Waals surface area contributed by atoms with Crippen molar-refractivity contribution >= 4 is 17.2 Å². The van der Waals surface area contributed by atoms with Crippen molar-refractivity contribution in [2.75, 3.05) is 5.73 Å². The standard InChI is InChI=1S/C18H18F2N4O2S/c1-9(2)7-24-15(21)14(17(25)23(3)18(24)26)12-8-27-16(22-12)13-10(19)5-4-6-11(13)20/h4-6,8-9H,7,21H2,1-3H3. The third-order valence-corrected chi connectivity index (χ3v) is 4.93. The van der Waals surface area contributed by atoms with Gasteiger partial charge in [-0.15, -0.1) is 11.3 Å². The first kappa shape index (κ1) is 19.0. The number of rotatable bonds is 4. The Bertz CT molecular complexity index is 1110. The Morgan fingerprint density at radius 2 is 1.81 bits per heavy atom. The summed E-state index contributed by atoms with van der Waals surface area (Å²) in [6.07, 6.45) is 0. The second-order valence-corrected chi connectivity index (χ2v) is 7.40. The molecule has 0 aliphatic carbocycles. The monoisotopic (exact) mass is 392 g/mol. The molecule has 0 saturated carbocycles. The van der Waals surface area contributed by atoms with Gasteiger partial charge in [-0.2, -0.15) is 0 Å². The number of halogens is 2. The van der Waals surface area contributed by atoms with Crippen LogP contribution in [0.1, 0.15) is 13.8 Å². The molecular formula is C18H18F2N4O2S. The zero-order valence-corrected chi connectivity index (χ0v) is 15.8. The Morgan fingerprint density at radius 3 is 2.41 bits per heavy atom. The maximum atomic E-state index is 14.0. The third-order valence-electron chi connectivity index (χ3n) is 4.07. The van der Waals surface area contributed by atoms with Crippen molar-refractivity contribution in [1.82, 2.24) is 14.1 Å². The van der Waals surface area contributed by atoms with Crippen LogP contribution in [-0.2, 0) is 13.6 Å². The van der Waals surface area contributed by atoms with E-state index in [1.54, 1.807) is 0 Å². The molecule has 2 aromatic heterocycles. The van der Waals surface area contributed by atoms with Crippen LogP contribution in [-0.4, -0.2) is 14.1 Å². The number of hydrogen-bond acceptors (Lipinski definition) is 5. The number of nitrogen functional groups attached to an aromatic ring is 1. The van der Waals surface area contributed by atoms with Crippen LogP contribution in [0.5, 0.6) is 0 Å². The first-order valence-electron chi connectivity index (χ1n) is 8.22. The summed E-state index contributed by atoms with van der Waals surface area (Å²) in [5.41, 5.74) is 4.93. The lowest BCUT2D eigenvalue weighted by Crippen LogP contribution is -2.41. The Kier molecular flexibility index (Phi) is 4.97. The van der Waals surface area contributed by atoms with Crippen LogP contribution in [0.3, 0.4) is 0 Å². The van der Waals surface area contributed by atoms with Crippen molar-refractivity contribution in [3.05, 3.63) is 56.1 Å². The molecule has 9 heteroatoms. The van der Waals surface area contributed by atoms with Gasteiger partial charge >= 0.3 is 5.69 Å². The highest BCUT2D eigenvalue weighted by Gasteiger charge is 2.21. The molecule has 0 amide bonds. The smallest absolute Gasteiger partial charge is 0.332 e. The van der Waals surface area contributed by atoms with Gasteiger partial charge in [-0.05, 0) is 18.1 Å². The molecule has 3 rings (SSSR count). The largest absolute Gasteiger partial charge is 0.384 e. The van der Waals surface area contributed by atoms with Gasteiger partial charge < -0.3 is 5.73 Å².